The van der Waals surface area contributed by atoms with E-state index >= 15 is 0 Å². The van der Waals surface area contributed by atoms with Crippen LogP contribution in [-0.4, -0.2) is 12.2 Å². The fourth-order valence-corrected chi connectivity index (χ4v) is 2.40. The van der Waals surface area contributed by atoms with Crippen LogP contribution in [0.2, 0.25) is 0 Å². The van der Waals surface area contributed by atoms with E-state index in [1.807, 2.05) is 12.1 Å². The van der Waals surface area contributed by atoms with Gasteiger partial charge in [-0.2, -0.15) is 5.26 Å². The zero-order valence-electron chi connectivity index (χ0n) is 10.5. The van der Waals surface area contributed by atoms with Gasteiger partial charge in [0.1, 0.15) is 6.29 Å². The van der Waals surface area contributed by atoms with Gasteiger partial charge in [0.05, 0.1) is 11.6 Å². The Bertz CT molecular complexity index is 755. The van der Waals surface area contributed by atoms with E-state index in [9.17, 15) is 9.59 Å². The number of hydrogen-bond acceptors (Lipinski definition) is 3. The molecule has 0 saturated heterocycles. The predicted octanol–water partition coefficient (Wildman–Crippen LogP) is 2.28. The Balaban J connectivity index is 2.20. The Labute approximate surface area is 115 Å². The van der Waals surface area contributed by atoms with Crippen molar-refractivity contribution in [2.75, 3.05) is 0 Å². The number of amides is 1. The lowest BCUT2D eigenvalue weighted by Crippen LogP contribution is -2.12. The molecule has 96 valence electrons. The molecule has 1 amide bonds. The van der Waals surface area contributed by atoms with Crippen LogP contribution in [0.3, 0.4) is 0 Å². The van der Waals surface area contributed by atoms with Crippen molar-refractivity contribution in [3.63, 3.8) is 0 Å². The van der Waals surface area contributed by atoms with E-state index in [2.05, 4.69) is 11.4 Å². The molecular formula is C16H10N2O2. The normalized spacial score (nSPS) is 12.4. The number of rotatable bonds is 2. The average molecular weight is 262 g/mol. The van der Waals surface area contributed by atoms with Gasteiger partial charge in [0.2, 0.25) is 0 Å². The molecule has 1 N–H and O–H groups in total. The molecule has 4 nitrogen and oxygen atoms in total. The summed E-state index contributed by atoms with van der Waals surface area (Å²) in [7, 11) is 0. The van der Waals surface area contributed by atoms with Gasteiger partial charge in [-0.05, 0) is 41.0 Å². The van der Waals surface area contributed by atoms with E-state index < -0.39 is 0 Å². The lowest BCUT2D eigenvalue weighted by atomic mass is 9.94. The SMILES string of the molecule is N#Cc1ccc(-c2cc(C=O)cc3c2CNC3=O)cc1. The van der Waals surface area contributed by atoms with E-state index in [0.717, 1.165) is 23.0 Å². The fourth-order valence-electron chi connectivity index (χ4n) is 2.40. The quantitative estimate of drug-likeness (QED) is 0.844. The van der Waals surface area contributed by atoms with Crippen LogP contribution in [0.15, 0.2) is 36.4 Å². The molecule has 2 aromatic rings. The van der Waals surface area contributed by atoms with Crippen molar-refractivity contribution in [3.05, 3.63) is 58.7 Å². The van der Waals surface area contributed by atoms with Crippen LogP contribution in [0, 0.1) is 11.3 Å². The molecule has 0 unspecified atom stereocenters. The Kier molecular flexibility index (Phi) is 2.81. The Morgan fingerprint density at radius 1 is 1.15 bits per heavy atom. The molecule has 0 bridgehead atoms. The summed E-state index contributed by atoms with van der Waals surface area (Å²) < 4.78 is 0. The van der Waals surface area contributed by atoms with Gasteiger partial charge in [0.15, 0.2) is 0 Å². The highest BCUT2D eigenvalue weighted by Crippen LogP contribution is 2.30. The molecule has 3 rings (SSSR count). The molecule has 0 atom stereocenters. The number of carbonyl (C=O) groups excluding carboxylic acids is 2. The number of nitriles is 1. The Morgan fingerprint density at radius 3 is 2.50 bits per heavy atom. The second-order valence-electron chi connectivity index (χ2n) is 4.58. The molecule has 1 aliphatic rings. The van der Waals surface area contributed by atoms with Crippen molar-refractivity contribution in [3.8, 4) is 17.2 Å². The average Bonchev–Trinajstić information content (AvgIpc) is 2.88. The summed E-state index contributed by atoms with van der Waals surface area (Å²) >= 11 is 0. The number of nitrogens with one attached hydrogen (secondary N) is 1. The van der Waals surface area contributed by atoms with Crippen LogP contribution in [0.5, 0.6) is 0 Å². The minimum atomic E-state index is -0.154. The largest absolute Gasteiger partial charge is 0.348 e. The number of hydrogen-bond donors (Lipinski definition) is 1. The van der Waals surface area contributed by atoms with Crippen LogP contribution in [-0.2, 0) is 6.54 Å². The number of aldehydes is 1. The molecule has 0 fully saturated rings. The standard InChI is InChI=1S/C16H10N2O2/c17-7-10-1-3-12(4-2-10)13-5-11(9-19)6-14-15(13)8-18-16(14)20/h1-6,9H,8H2,(H,18,20). The fraction of sp³-hybridized carbons (Fsp3) is 0.0625. The highest BCUT2D eigenvalue weighted by Gasteiger charge is 2.23. The minimum absolute atomic E-state index is 0.154. The van der Waals surface area contributed by atoms with Gasteiger partial charge in [0, 0.05) is 17.7 Å². The van der Waals surface area contributed by atoms with Crippen molar-refractivity contribution in [1.82, 2.24) is 5.32 Å². The van der Waals surface area contributed by atoms with Crippen LogP contribution in [0.1, 0.15) is 31.8 Å². The van der Waals surface area contributed by atoms with Gasteiger partial charge >= 0.3 is 0 Å². The molecule has 20 heavy (non-hydrogen) atoms. The highest BCUT2D eigenvalue weighted by atomic mass is 16.1. The van der Waals surface area contributed by atoms with E-state index in [-0.39, 0.29) is 5.91 Å². The molecule has 0 saturated carbocycles. The lowest BCUT2D eigenvalue weighted by molar-refractivity contribution is 0.0965. The summed E-state index contributed by atoms with van der Waals surface area (Å²) in [5.41, 5.74) is 4.23. The molecule has 0 spiro atoms. The van der Waals surface area contributed by atoms with Gasteiger partial charge in [0.25, 0.3) is 5.91 Å². The maximum atomic E-state index is 11.7. The summed E-state index contributed by atoms with van der Waals surface area (Å²) in [5.74, 6) is -0.154. The second kappa shape index (κ2) is 4.63. The summed E-state index contributed by atoms with van der Waals surface area (Å²) in [4.78, 5) is 22.8. The van der Waals surface area contributed by atoms with Crippen molar-refractivity contribution < 1.29 is 9.59 Å². The highest BCUT2D eigenvalue weighted by molar-refractivity contribution is 6.02. The molecular weight excluding hydrogens is 252 g/mol. The first-order valence-corrected chi connectivity index (χ1v) is 6.14. The first-order chi connectivity index (χ1) is 9.72. The zero-order valence-corrected chi connectivity index (χ0v) is 10.5. The van der Waals surface area contributed by atoms with Gasteiger partial charge < -0.3 is 5.32 Å². The van der Waals surface area contributed by atoms with E-state index in [0.29, 0.717) is 23.2 Å². The number of nitrogens with zero attached hydrogens (tertiary/aromatic N) is 1. The molecule has 1 aliphatic heterocycles. The summed E-state index contributed by atoms with van der Waals surface area (Å²) in [6.07, 6.45) is 0.735. The van der Waals surface area contributed by atoms with Crippen molar-refractivity contribution in [2.45, 2.75) is 6.54 Å². The number of carbonyl (C=O) groups is 2. The topological polar surface area (TPSA) is 70.0 Å². The molecule has 0 aliphatic carbocycles. The minimum Gasteiger partial charge on any atom is -0.348 e. The molecule has 4 heteroatoms. The molecule has 0 aromatic heterocycles. The van der Waals surface area contributed by atoms with Gasteiger partial charge in [-0.3, -0.25) is 9.59 Å². The van der Waals surface area contributed by atoms with Crippen LogP contribution < -0.4 is 5.32 Å². The predicted molar refractivity (Wildman–Crippen MR) is 73.2 cm³/mol. The molecule has 1 heterocycles. The van der Waals surface area contributed by atoms with E-state index in [4.69, 9.17) is 5.26 Å². The third kappa shape index (κ3) is 1.86. The monoisotopic (exact) mass is 262 g/mol. The smallest absolute Gasteiger partial charge is 0.251 e. The maximum absolute atomic E-state index is 11.7. The number of benzene rings is 2. The van der Waals surface area contributed by atoms with Gasteiger partial charge in [-0.25, -0.2) is 0 Å². The van der Waals surface area contributed by atoms with E-state index in [1.165, 1.54) is 0 Å². The maximum Gasteiger partial charge on any atom is 0.251 e. The van der Waals surface area contributed by atoms with Crippen LogP contribution in [0.4, 0.5) is 0 Å². The van der Waals surface area contributed by atoms with Crippen LogP contribution >= 0.6 is 0 Å². The first-order valence-electron chi connectivity index (χ1n) is 6.14. The zero-order chi connectivity index (χ0) is 14.1. The van der Waals surface area contributed by atoms with Gasteiger partial charge in [-0.15, -0.1) is 0 Å². The molecule has 0 radical (unpaired) electrons. The first kappa shape index (κ1) is 12.1. The summed E-state index contributed by atoms with van der Waals surface area (Å²) in [5, 5.41) is 11.6. The third-order valence-electron chi connectivity index (χ3n) is 3.40. The second-order valence-corrected chi connectivity index (χ2v) is 4.58. The van der Waals surface area contributed by atoms with Crippen molar-refractivity contribution in [1.29, 1.82) is 5.26 Å². The van der Waals surface area contributed by atoms with Gasteiger partial charge in [-0.1, -0.05) is 12.1 Å². The van der Waals surface area contributed by atoms with E-state index in [1.54, 1.807) is 24.3 Å². The third-order valence-corrected chi connectivity index (χ3v) is 3.40. The Morgan fingerprint density at radius 2 is 1.85 bits per heavy atom. The number of fused-ring (bicyclic) bond motifs is 1. The Hall–Kier alpha value is -2.93. The van der Waals surface area contributed by atoms with Crippen molar-refractivity contribution in [2.24, 2.45) is 0 Å². The molecule has 2 aromatic carbocycles. The van der Waals surface area contributed by atoms with Crippen molar-refractivity contribution >= 4 is 12.2 Å². The summed E-state index contributed by atoms with van der Waals surface area (Å²) in [6, 6.07) is 12.5. The summed E-state index contributed by atoms with van der Waals surface area (Å²) in [6.45, 7) is 0.461. The van der Waals surface area contributed by atoms with Crippen LogP contribution in [0.25, 0.3) is 11.1 Å². The lowest BCUT2D eigenvalue weighted by Gasteiger charge is -2.08.